The Labute approximate surface area is 33.9 Å². The molecule has 0 nitrogen and oxygen atoms in total. The van der Waals surface area contributed by atoms with E-state index in [1.807, 2.05) is 6.92 Å². The summed E-state index contributed by atoms with van der Waals surface area (Å²) in [6.45, 7) is 2.04. The summed E-state index contributed by atoms with van der Waals surface area (Å²) in [4.78, 5) is 0. The number of hydrogen-bond donors (Lipinski definition) is 0. The van der Waals surface area contributed by atoms with Crippen molar-refractivity contribution in [2.75, 3.05) is 0 Å². The molecule has 0 fully saturated rings. The molecular formula is C3H3BP. The molecule has 0 bridgehead atoms. The zero-order chi connectivity index (χ0) is 3.54. The van der Waals surface area contributed by atoms with E-state index in [1.54, 1.807) is 0 Å². The molecule has 1 radical (unpaired) electrons. The van der Waals surface area contributed by atoms with Crippen molar-refractivity contribution in [1.82, 2.24) is 0 Å². The molecule has 23 valence electrons. The van der Waals surface area contributed by atoms with Crippen LogP contribution in [0.25, 0.3) is 0 Å². The third kappa shape index (κ3) is 0.698. The summed E-state index contributed by atoms with van der Waals surface area (Å²) in [6, 6.07) is 0. The molecule has 5 heavy (non-hydrogen) atoms. The van der Waals surface area contributed by atoms with Gasteiger partial charge in [-0.3, -0.25) is 0 Å². The average molecular weight is 80.8 g/mol. The molecule has 0 unspecified atom stereocenters. The Morgan fingerprint density at radius 2 is 3.00 bits per heavy atom. The quantitative estimate of drug-likeness (QED) is 0.294. The van der Waals surface area contributed by atoms with Crippen molar-refractivity contribution in [3.8, 4) is 0 Å². The van der Waals surface area contributed by atoms with Gasteiger partial charge >= 0.3 is 32.9 Å². The first-order valence-corrected chi connectivity index (χ1v) is 2.55. The molecule has 0 aromatic rings. The van der Waals surface area contributed by atoms with Crippen molar-refractivity contribution in [3.05, 3.63) is 0 Å². The first-order valence-electron chi connectivity index (χ1n) is 1.59. The van der Waals surface area contributed by atoms with E-state index in [9.17, 15) is 0 Å². The summed E-state index contributed by atoms with van der Waals surface area (Å²) < 4.78 is 0. The Morgan fingerprint density at radius 3 is 3.20 bits per heavy atom. The number of rotatable bonds is 0. The normalized spacial score (nSPS) is 19.2. The van der Waals surface area contributed by atoms with Crippen molar-refractivity contribution in [2.24, 2.45) is 0 Å². The van der Waals surface area contributed by atoms with Gasteiger partial charge in [0.25, 0.3) is 0 Å². The van der Waals surface area contributed by atoms with Crippen LogP contribution in [0.15, 0.2) is 0 Å². The summed E-state index contributed by atoms with van der Waals surface area (Å²) in [5.41, 5.74) is 3.01. The maximum atomic E-state index is 3.01. The topological polar surface area (TPSA) is 0 Å². The molecule has 2 heteroatoms. The van der Waals surface area contributed by atoms with Crippen molar-refractivity contribution in [2.45, 2.75) is 6.32 Å². The Morgan fingerprint density at radius 1 is 2.00 bits per heavy atom. The first kappa shape index (κ1) is 3.30. The summed E-state index contributed by atoms with van der Waals surface area (Å²) >= 11 is 0. The molecule has 0 saturated heterocycles. The van der Waals surface area contributed by atoms with E-state index < -0.39 is 0 Å². The zero-order valence-corrected chi connectivity index (χ0v) is 3.70. The van der Waals surface area contributed by atoms with E-state index in [1.165, 1.54) is 8.20 Å². The van der Waals surface area contributed by atoms with E-state index in [0.29, 0.717) is 0 Å². The minimum absolute atomic E-state index is 1.13. The zero-order valence-electron chi connectivity index (χ0n) is 2.81. The third-order valence-electron chi connectivity index (χ3n) is 0.480. The third-order valence-corrected chi connectivity index (χ3v) is 1.21. The molecule has 1 heterocycles. The van der Waals surface area contributed by atoms with Gasteiger partial charge < -0.3 is 0 Å². The Bertz CT molecular complexity index is 65.0. The maximum absolute atomic E-state index is 3.01. The second-order valence-corrected chi connectivity index (χ2v) is 1.76. The first-order chi connectivity index (χ1) is 2.50. The predicted octanol–water partition coefficient (Wildman–Crippen LogP) is 0.508. The minimum atomic E-state index is 1.13. The van der Waals surface area contributed by atoms with Gasteiger partial charge in [0.2, 0.25) is 0 Å². The summed E-state index contributed by atoms with van der Waals surface area (Å²) in [5.74, 6) is 2.17. The van der Waals surface area contributed by atoms with Gasteiger partial charge in [-0.05, 0) is 0 Å². The van der Waals surface area contributed by atoms with Crippen LogP contribution in [0, 0.1) is 0 Å². The van der Waals surface area contributed by atoms with Crippen LogP contribution >= 0.6 is 8.20 Å². The molecule has 0 aromatic carbocycles. The van der Waals surface area contributed by atoms with Crippen LogP contribution in [-0.4, -0.2) is 18.4 Å². The molecule has 0 N–H and O–H groups in total. The van der Waals surface area contributed by atoms with Crippen LogP contribution in [0.1, 0.15) is 0 Å². The monoisotopic (exact) mass is 81.0 g/mol. The molecule has 1 aliphatic heterocycles. The molecular weight excluding hydrogens is 77.8 g/mol. The fraction of sp³-hybridized carbons (Fsp3) is 0.333. The van der Waals surface area contributed by atoms with Gasteiger partial charge in [0.05, 0.1) is 0 Å². The van der Waals surface area contributed by atoms with Crippen LogP contribution in [0.3, 0.4) is 0 Å². The SMILES string of the molecule is B1=[C]P=CC1. The van der Waals surface area contributed by atoms with Gasteiger partial charge in [-0.1, -0.05) is 0 Å². The van der Waals surface area contributed by atoms with Crippen LogP contribution in [0.2, 0.25) is 6.32 Å². The molecule has 0 aromatic heterocycles. The van der Waals surface area contributed by atoms with E-state index in [4.69, 9.17) is 0 Å². The second kappa shape index (κ2) is 1.52. The van der Waals surface area contributed by atoms with Gasteiger partial charge in [-0.2, -0.15) is 0 Å². The van der Waals surface area contributed by atoms with Gasteiger partial charge in [-0.15, -0.1) is 0 Å². The Balaban J connectivity index is 2.61. The van der Waals surface area contributed by atoms with Crippen molar-refractivity contribution in [3.63, 3.8) is 0 Å². The molecule has 0 amide bonds. The van der Waals surface area contributed by atoms with Gasteiger partial charge in [-0.25, -0.2) is 0 Å². The fourth-order valence-corrected chi connectivity index (χ4v) is 0.791. The van der Waals surface area contributed by atoms with E-state index >= 15 is 0 Å². The molecule has 1 aliphatic rings. The standard InChI is InChI=1S/C3H3BP/c1-2-5-3-4-1/h2H,1H2. The number of hydrogen-bond acceptors (Lipinski definition) is 0. The van der Waals surface area contributed by atoms with Gasteiger partial charge in [0, 0.05) is 0 Å². The van der Waals surface area contributed by atoms with Crippen molar-refractivity contribution >= 4 is 26.6 Å². The summed E-state index contributed by atoms with van der Waals surface area (Å²) in [6.07, 6.45) is 1.13. The summed E-state index contributed by atoms with van der Waals surface area (Å²) in [7, 11) is 1.26. The Hall–Kier alpha value is 0.105. The second-order valence-electron chi connectivity index (χ2n) is 0.881. The van der Waals surface area contributed by atoms with Crippen LogP contribution in [-0.2, 0) is 0 Å². The predicted molar refractivity (Wildman–Crippen MR) is 28.6 cm³/mol. The van der Waals surface area contributed by atoms with Crippen LogP contribution in [0.5, 0.6) is 0 Å². The molecule has 0 aliphatic carbocycles. The average Bonchev–Trinajstić information content (AvgIpc) is 1.76. The van der Waals surface area contributed by atoms with Gasteiger partial charge in [0.15, 0.2) is 0 Å². The fourth-order valence-electron chi connectivity index (χ4n) is 0.264. The summed E-state index contributed by atoms with van der Waals surface area (Å²) in [5, 5.41) is 0. The van der Waals surface area contributed by atoms with Gasteiger partial charge in [0.1, 0.15) is 0 Å². The molecule has 1 rings (SSSR count). The van der Waals surface area contributed by atoms with E-state index in [2.05, 4.69) is 11.5 Å². The van der Waals surface area contributed by atoms with E-state index in [-0.39, 0.29) is 0 Å². The molecule has 0 spiro atoms. The van der Waals surface area contributed by atoms with Crippen LogP contribution in [0.4, 0.5) is 0 Å². The molecule has 0 saturated carbocycles. The molecule has 0 atom stereocenters. The Kier molecular flexibility index (Phi) is 1.00. The van der Waals surface area contributed by atoms with E-state index in [0.717, 1.165) is 6.32 Å². The van der Waals surface area contributed by atoms with Crippen LogP contribution < -0.4 is 0 Å². The van der Waals surface area contributed by atoms with Crippen molar-refractivity contribution < 1.29 is 0 Å². The van der Waals surface area contributed by atoms with Crippen molar-refractivity contribution in [1.29, 1.82) is 0 Å².